The lowest BCUT2D eigenvalue weighted by Gasteiger charge is -2.40. The molecule has 41 heavy (non-hydrogen) atoms. The van der Waals surface area contributed by atoms with Gasteiger partial charge in [0.05, 0.1) is 5.02 Å². The van der Waals surface area contributed by atoms with Crippen LogP contribution in [0.3, 0.4) is 0 Å². The third-order valence-electron chi connectivity index (χ3n) is 8.00. The van der Waals surface area contributed by atoms with Crippen molar-refractivity contribution in [2.24, 2.45) is 0 Å². The van der Waals surface area contributed by atoms with Crippen LogP contribution >= 0.6 is 11.6 Å². The normalized spacial score (nSPS) is 17.9. The van der Waals surface area contributed by atoms with E-state index in [0.29, 0.717) is 65.4 Å². The molecule has 0 aliphatic carbocycles. The molecule has 1 fully saturated rings. The van der Waals surface area contributed by atoms with Gasteiger partial charge in [0.1, 0.15) is 22.9 Å². The number of hydrogen-bond acceptors (Lipinski definition) is 6. The number of halogens is 2. The summed E-state index contributed by atoms with van der Waals surface area (Å²) in [6, 6.07) is 6.86. The number of rotatable bonds is 4. The van der Waals surface area contributed by atoms with Gasteiger partial charge in [0.15, 0.2) is 23.5 Å². The van der Waals surface area contributed by atoms with Crippen LogP contribution in [0.1, 0.15) is 41.5 Å². The van der Waals surface area contributed by atoms with Crippen molar-refractivity contribution in [3.8, 4) is 16.9 Å². The van der Waals surface area contributed by atoms with Crippen LogP contribution in [0.25, 0.3) is 28.0 Å². The van der Waals surface area contributed by atoms with Gasteiger partial charge in [0, 0.05) is 48.6 Å². The highest BCUT2D eigenvalue weighted by Gasteiger charge is 2.41. The summed E-state index contributed by atoms with van der Waals surface area (Å²) in [7, 11) is 0. The van der Waals surface area contributed by atoms with Crippen LogP contribution in [0.15, 0.2) is 54.0 Å². The Balaban J connectivity index is 1.70. The van der Waals surface area contributed by atoms with Gasteiger partial charge < -0.3 is 9.80 Å². The molecule has 1 unspecified atom stereocenters. The zero-order valence-electron chi connectivity index (χ0n) is 22.8. The van der Waals surface area contributed by atoms with Gasteiger partial charge >= 0.3 is 11.3 Å². The molecule has 1 amide bonds. The van der Waals surface area contributed by atoms with Crippen molar-refractivity contribution in [2.45, 2.75) is 32.9 Å². The first-order chi connectivity index (χ1) is 19.7. The van der Waals surface area contributed by atoms with Gasteiger partial charge in [-0.2, -0.15) is 4.98 Å². The summed E-state index contributed by atoms with van der Waals surface area (Å²) >= 11 is 7.00. The van der Waals surface area contributed by atoms with E-state index in [1.807, 2.05) is 36.3 Å². The van der Waals surface area contributed by atoms with Gasteiger partial charge in [0.2, 0.25) is 5.91 Å². The van der Waals surface area contributed by atoms with Gasteiger partial charge in [-0.05, 0) is 57.2 Å². The molecule has 0 spiro atoms. The van der Waals surface area contributed by atoms with E-state index in [4.69, 9.17) is 11.6 Å². The first kappa shape index (κ1) is 26.8. The zero-order chi connectivity index (χ0) is 29.2. The molecule has 0 saturated carbocycles. The smallest absolute Gasteiger partial charge is 0.349 e. The number of carbonyl (C=O) groups is 2. The number of pyridine rings is 2. The Hall–Kier alpha value is -4.44. The highest BCUT2D eigenvalue weighted by molar-refractivity contribution is 6.33. The fourth-order valence-corrected chi connectivity index (χ4v) is 6.38. The minimum atomic E-state index is -0.527. The summed E-state index contributed by atoms with van der Waals surface area (Å²) in [5.41, 5.74) is 3.04. The lowest BCUT2D eigenvalue weighted by atomic mass is 9.99. The quantitative estimate of drug-likeness (QED) is 0.210. The Kier molecular flexibility index (Phi) is 6.45. The number of aromatic nitrogens is 4. The van der Waals surface area contributed by atoms with Gasteiger partial charge in [-0.25, -0.2) is 13.8 Å². The van der Waals surface area contributed by atoms with E-state index in [9.17, 15) is 18.8 Å². The van der Waals surface area contributed by atoms with Crippen LogP contribution in [0, 0.1) is 12.7 Å². The second-order valence-corrected chi connectivity index (χ2v) is 10.8. The molecule has 11 heteroatoms. The van der Waals surface area contributed by atoms with Crippen molar-refractivity contribution >= 4 is 40.6 Å². The molecule has 2 aliphatic heterocycles. The average molecular weight is 574 g/mol. The minimum absolute atomic E-state index is 0.154. The summed E-state index contributed by atoms with van der Waals surface area (Å²) in [5, 5.41) is 0.869. The van der Waals surface area contributed by atoms with E-state index >= 15 is 0 Å². The van der Waals surface area contributed by atoms with Crippen molar-refractivity contribution in [3.63, 3.8) is 0 Å². The van der Waals surface area contributed by atoms with E-state index < -0.39 is 17.5 Å². The maximum Gasteiger partial charge on any atom is 0.442 e. The number of carbonyl (C=O) groups excluding carboxylic acids is 2. The van der Waals surface area contributed by atoms with Crippen molar-refractivity contribution in [3.05, 3.63) is 87.3 Å². The number of aryl methyl sites for hydroxylation is 1. The summed E-state index contributed by atoms with van der Waals surface area (Å²) in [4.78, 5) is 51.1. The SMILES string of the molecule is C=CC(=O)N1CCN(c2nc(=O)n3c4c2cc(Cl)c(-c2cc(F)ccc2C=O)[n+]4C(C)c2nccc(C)c2-3)[C@@H](C)C1. The predicted octanol–water partition coefficient (Wildman–Crippen LogP) is 3.79. The number of fused-ring (bicyclic) bond motifs is 2. The third kappa shape index (κ3) is 4.04. The first-order valence-electron chi connectivity index (χ1n) is 13.3. The fourth-order valence-electron chi connectivity index (χ4n) is 6.08. The van der Waals surface area contributed by atoms with Crippen LogP contribution in [0.4, 0.5) is 10.2 Å². The van der Waals surface area contributed by atoms with Gasteiger partial charge in [-0.1, -0.05) is 18.2 Å². The summed E-state index contributed by atoms with van der Waals surface area (Å²) in [6.45, 7) is 10.7. The van der Waals surface area contributed by atoms with Crippen molar-refractivity contribution < 1.29 is 18.5 Å². The lowest BCUT2D eigenvalue weighted by Crippen LogP contribution is -2.55. The van der Waals surface area contributed by atoms with Crippen molar-refractivity contribution in [2.75, 3.05) is 24.5 Å². The number of hydrogen-bond donors (Lipinski definition) is 0. The van der Waals surface area contributed by atoms with Crippen LogP contribution in [0.5, 0.6) is 0 Å². The van der Waals surface area contributed by atoms with Crippen molar-refractivity contribution in [1.82, 2.24) is 19.4 Å². The molecule has 9 nitrogen and oxygen atoms in total. The fraction of sp³-hybridized carbons (Fsp3) is 0.267. The van der Waals surface area contributed by atoms with E-state index in [0.717, 1.165) is 5.56 Å². The average Bonchev–Trinajstić information content (AvgIpc) is 2.95. The zero-order valence-corrected chi connectivity index (χ0v) is 23.5. The van der Waals surface area contributed by atoms with Crippen LogP contribution in [-0.4, -0.2) is 57.3 Å². The molecular weight excluding hydrogens is 547 g/mol. The minimum Gasteiger partial charge on any atom is -0.349 e. The maximum atomic E-state index is 14.6. The molecule has 1 aromatic carbocycles. The van der Waals surface area contributed by atoms with E-state index in [-0.39, 0.29) is 22.5 Å². The molecule has 2 aliphatic rings. The molecule has 208 valence electrons. The van der Waals surface area contributed by atoms with E-state index in [1.54, 1.807) is 17.2 Å². The molecule has 0 radical (unpaired) electrons. The highest BCUT2D eigenvalue weighted by Crippen LogP contribution is 2.39. The lowest BCUT2D eigenvalue weighted by molar-refractivity contribution is -0.679. The van der Waals surface area contributed by atoms with Crippen molar-refractivity contribution in [1.29, 1.82) is 0 Å². The molecule has 3 aromatic heterocycles. The topological polar surface area (TPSA) is 92.3 Å². The molecule has 2 atom stereocenters. The molecular formula is C30H27ClFN6O3+. The van der Waals surface area contributed by atoms with Crippen LogP contribution in [-0.2, 0) is 4.79 Å². The van der Waals surface area contributed by atoms with Gasteiger partial charge in [0.25, 0.3) is 0 Å². The summed E-state index contributed by atoms with van der Waals surface area (Å²) in [6.07, 6.45) is 3.63. The maximum absolute atomic E-state index is 14.6. The van der Waals surface area contributed by atoms with Crippen LogP contribution < -0.4 is 15.2 Å². The second-order valence-electron chi connectivity index (χ2n) is 10.4. The second kappa shape index (κ2) is 9.88. The molecule has 0 N–H and O–H groups in total. The molecule has 4 aromatic rings. The Morgan fingerprint density at radius 1 is 1.22 bits per heavy atom. The Morgan fingerprint density at radius 3 is 2.71 bits per heavy atom. The number of anilines is 1. The number of amides is 1. The first-order valence-corrected chi connectivity index (χ1v) is 13.6. The highest BCUT2D eigenvalue weighted by atomic mass is 35.5. The van der Waals surface area contributed by atoms with E-state index in [1.165, 1.54) is 28.8 Å². The number of benzene rings is 1. The monoisotopic (exact) mass is 573 g/mol. The predicted molar refractivity (Wildman–Crippen MR) is 153 cm³/mol. The summed E-state index contributed by atoms with van der Waals surface area (Å²) in [5.74, 6) is -0.242. The van der Waals surface area contributed by atoms with Crippen LogP contribution in [0.2, 0.25) is 5.02 Å². The Morgan fingerprint density at radius 2 is 2.00 bits per heavy atom. The number of aldehydes is 1. The molecule has 1 saturated heterocycles. The standard InChI is InChI=1S/C30H27ClFN6O3/c1-5-24(40)35-10-11-36(17(3)14-35)28-22-13-23(31)27(21-12-20(32)7-6-19(21)15-39)37-18(4)25-26(16(2)8-9-33-25)38(29(22)37)30(41)34-28/h5-9,12-13,15,17-18H,1,10-11,14H2,2-4H3/q+1/t17-,18?/m0/s1. The molecule has 0 bridgehead atoms. The Labute approximate surface area is 240 Å². The van der Waals surface area contributed by atoms with Gasteiger partial charge in [-0.15, -0.1) is 4.57 Å². The number of piperazine rings is 1. The molecule has 6 rings (SSSR count). The summed E-state index contributed by atoms with van der Waals surface area (Å²) < 4.78 is 18.0. The Bertz CT molecular complexity index is 1850. The van der Waals surface area contributed by atoms with Gasteiger partial charge in [-0.3, -0.25) is 14.6 Å². The molecule has 5 heterocycles. The number of nitrogens with zero attached hydrogens (tertiary/aromatic N) is 6. The third-order valence-corrected chi connectivity index (χ3v) is 8.29. The largest absolute Gasteiger partial charge is 0.442 e. The van der Waals surface area contributed by atoms with E-state index in [2.05, 4.69) is 16.5 Å².